The fourth-order valence-electron chi connectivity index (χ4n) is 3.20. The van der Waals surface area contributed by atoms with Crippen LogP contribution in [-0.4, -0.2) is 10.4 Å². The van der Waals surface area contributed by atoms with Crippen LogP contribution in [0.4, 0.5) is 0 Å². The van der Waals surface area contributed by atoms with Gasteiger partial charge >= 0.3 is 0 Å². The highest BCUT2D eigenvalue weighted by molar-refractivity contribution is 5.96. The summed E-state index contributed by atoms with van der Waals surface area (Å²) in [6.45, 7) is 4.38. The van der Waals surface area contributed by atoms with Crippen LogP contribution in [0.5, 0.6) is 0 Å². The molecule has 21 heavy (non-hydrogen) atoms. The van der Waals surface area contributed by atoms with Crippen LogP contribution in [0.3, 0.4) is 0 Å². The average Bonchev–Trinajstić information content (AvgIpc) is 2.97. The van der Waals surface area contributed by atoms with Gasteiger partial charge in [-0.1, -0.05) is 31.2 Å². The third kappa shape index (κ3) is 2.23. The van der Waals surface area contributed by atoms with Gasteiger partial charge in [0.1, 0.15) is 0 Å². The zero-order valence-corrected chi connectivity index (χ0v) is 12.5. The van der Waals surface area contributed by atoms with Gasteiger partial charge in [-0.3, -0.25) is 9.59 Å². The Bertz CT molecular complexity index is 771. The number of nitrogens with zero attached hydrogens (tertiary/aromatic N) is 1. The number of fused-ring (bicyclic) bond motifs is 1. The Hall–Kier alpha value is -2.16. The lowest BCUT2D eigenvalue weighted by molar-refractivity contribution is 0.101. The summed E-state index contributed by atoms with van der Waals surface area (Å²) in [4.78, 5) is 24.7. The van der Waals surface area contributed by atoms with Gasteiger partial charge in [-0.05, 0) is 43.4 Å². The topological polar surface area (TPSA) is 39.1 Å². The number of hydrogen-bond donors (Lipinski definition) is 0. The van der Waals surface area contributed by atoms with Gasteiger partial charge in [0.15, 0.2) is 5.78 Å². The van der Waals surface area contributed by atoms with E-state index in [4.69, 9.17) is 0 Å². The maximum Gasteiger partial charge on any atom is 0.258 e. The molecule has 0 radical (unpaired) electrons. The van der Waals surface area contributed by atoms with Crippen LogP contribution >= 0.6 is 0 Å². The average molecular weight is 281 g/mol. The van der Waals surface area contributed by atoms with E-state index in [1.54, 1.807) is 17.6 Å². The highest BCUT2D eigenvalue weighted by atomic mass is 16.1. The summed E-state index contributed by atoms with van der Waals surface area (Å²) in [5.74, 6) is 0.0379. The van der Waals surface area contributed by atoms with Gasteiger partial charge in [-0.2, -0.15) is 0 Å². The quantitative estimate of drug-likeness (QED) is 0.810. The van der Waals surface area contributed by atoms with Crippen LogP contribution in [0.25, 0.3) is 11.1 Å². The van der Waals surface area contributed by atoms with Gasteiger partial charge in [0, 0.05) is 23.4 Å². The number of hydrogen-bond acceptors (Lipinski definition) is 2. The molecule has 0 spiro atoms. The number of rotatable bonds is 3. The number of ketones is 1. The minimum absolute atomic E-state index is 0.0356. The molecule has 3 rings (SSSR count). The van der Waals surface area contributed by atoms with Gasteiger partial charge in [-0.25, -0.2) is 0 Å². The summed E-state index contributed by atoms with van der Waals surface area (Å²) in [6, 6.07) is 9.75. The van der Waals surface area contributed by atoms with Crippen LogP contribution < -0.4 is 5.56 Å². The van der Waals surface area contributed by atoms with Crippen LogP contribution in [0.15, 0.2) is 35.1 Å². The Balaban J connectivity index is 2.32. The number of benzene rings is 1. The van der Waals surface area contributed by atoms with Gasteiger partial charge in [-0.15, -0.1) is 0 Å². The Kier molecular flexibility index (Phi) is 3.50. The van der Waals surface area contributed by atoms with E-state index >= 15 is 0 Å². The third-order valence-electron chi connectivity index (χ3n) is 4.26. The lowest BCUT2D eigenvalue weighted by atomic mass is 9.96. The first-order valence-electron chi connectivity index (χ1n) is 7.49. The summed E-state index contributed by atoms with van der Waals surface area (Å²) < 4.78 is 1.79. The molecule has 0 N–H and O–H groups in total. The first-order valence-corrected chi connectivity index (χ1v) is 7.49. The second-order valence-corrected chi connectivity index (χ2v) is 5.55. The number of Topliss-reactive ketones (excluding diaryl/α,β-unsaturated/α-hetero) is 1. The molecule has 1 aliphatic rings. The molecule has 2 heterocycles. The molecule has 0 amide bonds. The van der Waals surface area contributed by atoms with Crippen molar-refractivity contribution in [2.45, 2.75) is 39.7 Å². The molecule has 1 aromatic carbocycles. The van der Waals surface area contributed by atoms with Crippen molar-refractivity contribution in [3.8, 4) is 11.1 Å². The lowest BCUT2D eigenvalue weighted by Gasteiger charge is -2.13. The van der Waals surface area contributed by atoms with Crippen LogP contribution in [-0.2, 0) is 19.4 Å². The van der Waals surface area contributed by atoms with Crippen molar-refractivity contribution in [3.05, 3.63) is 57.5 Å². The Morgan fingerprint density at radius 2 is 2.00 bits per heavy atom. The maximum atomic E-state index is 12.8. The molecular weight excluding hydrogens is 262 g/mol. The molecule has 0 bridgehead atoms. The molecule has 3 heteroatoms. The van der Waals surface area contributed by atoms with Crippen LogP contribution in [0, 0.1) is 0 Å². The molecule has 3 nitrogen and oxygen atoms in total. The van der Waals surface area contributed by atoms with Crippen molar-refractivity contribution < 1.29 is 4.79 Å². The smallest absolute Gasteiger partial charge is 0.258 e. The molecule has 0 fully saturated rings. The molecule has 0 saturated heterocycles. The number of aryl methyl sites for hydroxylation is 1. The van der Waals surface area contributed by atoms with Gasteiger partial charge < -0.3 is 4.57 Å². The molecular formula is C18H19NO2. The van der Waals surface area contributed by atoms with Crippen molar-refractivity contribution in [2.24, 2.45) is 0 Å². The molecule has 2 aromatic rings. The number of aromatic nitrogens is 1. The van der Waals surface area contributed by atoms with Crippen molar-refractivity contribution in [1.82, 2.24) is 4.57 Å². The van der Waals surface area contributed by atoms with Gasteiger partial charge in [0.25, 0.3) is 5.56 Å². The monoisotopic (exact) mass is 281 g/mol. The second-order valence-electron chi connectivity index (χ2n) is 5.55. The van der Waals surface area contributed by atoms with E-state index in [2.05, 4.69) is 6.92 Å². The van der Waals surface area contributed by atoms with E-state index in [0.29, 0.717) is 11.1 Å². The van der Waals surface area contributed by atoms with Crippen LogP contribution in [0.1, 0.15) is 41.9 Å². The summed E-state index contributed by atoms with van der Waals surface area (Å²) >= 11 is 0. The minimum Gasteiger partial charge on any atom is -0.311 e. The van der Waals surface area contributed by atoms with Crippen LogP contribution in [0.2, 0.25) is 0 Å². The fraction of sp³-hybridized carbons (Fsp3) is 0.333. The standard InChI is InChI=1S/C18H19NO2/c1-3-13-7-4-5-8-14(13)16-11-15(12(2)20)17-9-6-10-19(17)18(16)21/h4-5,7-8,11H,3,6,9-10H2,1-2H3. The molecule has 1 aromatic heterocycles. The highest BCUT2D eigenvalue weighted by Gasteiger charge is 2.22. The normalized spacial score (nSPS) is 13.2. The van der Waals surface area contributed by atoms with E-state index in [-0.39, 0.29) is 11.3 Å². The molecule has 0 aliphatic carbocycles. The summed E-state index contributed by atoms with van der Waals surface area (Å²) in [5.41, 5.74) is 4.40. The van der Waals surface area contributed by atoms with Gasteiger partial charge in [0.05, 0.1) is 0 Å². The number of carbonyl (C=O) groups excluding carboxylic acids is 1. The molecule has 108 valence electrons. The maximum absolute atomic E-state index is 12.8. The zero-order valence-electron chi connectivity index (χ0n) is 12.5. The summed E-state index contributed by atoms with van der Waals surface area (Å²) in [6.07, 6.45) is 2.63. The van der Waals surface area contributed by atoms with E-state index in [1.165, 1.54) is 0 Å². The predicted octanol–water partition coefficient (Wildman–Crippen LogP) is 3.23. The molecule has 0 saturated carbocycles. The van der Waals surface area contributed by atoms with Crippen molar-refractivity contribution in [3.63, 3.8) is 0 Å². The van der Waals surface area contributed by atoms with Gasteiger partial charge in [0.2, 0.25) is 0 Å². The molecule has 0 atom stereocenters. The van der Waals surface area contributed by atoms with Crippen molar-refractivity contribution in [1.29, 1.82) is 0 Å². The minimum atomic E-state index is 0.0356. The largest absolute Gasteiger partial charge is 0.311 e. The van der Waals surface area contributed by atoms with Crippen molar-refractivity contribution in [2.75, 3.05) is 0 Å². The summed E-state index contributed by atoms with van der Waals surface area (Å²) in [7, 11) is 0. The first kappa shape index (κ1) is 13.8. The first-order chi connectivity index (χ1) is 10.1. The fourth-order valence-corrected chi connectivity index (χ4v) is 3.20. The Morgan fingerprint density at radius 1 is 1.24 bits per heavy atom. The zero-order chi connectivity index (χ0) is 15.0. The SMILES string of the molecule is CCc1ccccc1-c1cc(C(C)=O)c2n(c1=O)CCC2. The van der Waals surface area contributed by atoms with E-state index in [0.717, 1.165) is 42.6 Å². The van der Waals surface area contributed by atoms with E-state index in [9.17, 15) is 9.59 Å². The Labute approximate surface area is 124 Å². The predicted molar refractivity (Wildman–Crippen MR) is 83.8 cm³/mol. The molecule has 1 aliphatic heterocycles. The second kappa shape index (κ2) is 5.32. The Morgan fingerprint density at radius 3 is 2.71 bits per heavy atom. The van der Waals surface area contributed by atoms with Crippen molar-refractivity contribution >= 4 is 5.78 Å². The number of carbonyl (C=O) groups is 1. The third-order valence-corrected chi connectivity index (χ3v) is 4.26. The van der Waals surface area contributed by atoms with E-state index in [1.807, 2.05) is 24.3 Å². The lowest BCUT2D eigenvalue weighted by Crippen LogP contribution is -2.23. The summed E-state index contributed by atoms with van der Waals surface area (Å²) in [5, 5.41) is 0. The molecule has 0 unspecified atom stereocenters. The van der Waals surface area contributed by atoms with E-state index < -0.39 is 0 Å². The highest BCUT2D eigenvalue weighted by Crippen LogP contribution is 2.26. The number of pyridine rings is 1.